The molecule has 8 heteroatoms. The van der Waals surface area contributed by atoms with Gasteiger partial charge in [-0.25, -0.2) is 19.4 Å². The molecule has 0 N–H and O–H groups in total. The van der Waals surface area contributed by atoms with Crippen molar-refractivity contribution < 1.29 is 0 Å². The molecule has 0 atom stereocenters. The van der Waals surface area contributed by atoms with Gasteiger partial charge in [-0.2, -0.15) is 21.0 Å². The van der Waals surface area contributed by atoms with Gasteiger partial charge >= 0.3 is 0 Å². The zero-order valence-corrected chi connectivity index (χ0v) is 21.4. The van der Waals surface area contributed by atoms with E-state index in [9.17, 15) is 21.0 Å². The van der Waals surface area contributed by atoms with Gasteiger partial charge in [0.2, 0.25) is 5.70 Å². The van der Waals surface area contributed by atoms with E-state index in [-0.39, 0.29) is 45.0 Å². The first kappa shape index (κ1) is 26.2. The summed E-state index contributed by atoms with van der Waals surface area (Å²) in [7, 11) is 0. The van der Waals surface area contributed by atoms with Crippen LogP contribution in [0.2, 0.25) is 0 Å². The number of benzene rings is 3. The molecule has 0 spiro atoms. The number of fused-ring (bicyclic) bond motifs is 2. The largest absolute Gasteiger partial charge is 0.239 e. The van der Waals surface area contributed by atoms with Crippen LogP contribution in [0.25, 0.3) is 53.1 Å². The zero-order chi connectivity index (χ0) is 30.0. The van der Waals surface area contributed by atoms with Crippen molar-refractivity contribution in [3.8, 4) is 24.3 Å². The van der Waals surface area contributed by atoms with Crippen molar-refractivity contribution in [3.05, 3.63) is 151 Å². The van der Waals surface area contributed by atoms with Gasteiger partial charge in [0, 0.05) is 0 Å². The minimum absolute atomic E-state index is 0.137. The SMILES string of the molecule is [C-]#[N+]C1=C/C(=C(/C#N)c2cc([N+]#[C-])cc([N+]#[C-])c2)c2cc3c(cc21)/C(=C(\[N+]#[C-])c1cc(C#N)cc(C#N)c1)C=C3C#N. The van der Waals surface area contributed by atoms with Gasteiger partial charge in [-0.3, -0.25) is 0 Å². The second kappa shape index (κ2) is 10.4. The Morgan fingerprint density at radius 1 is 0.571 bits per heavy atom. The summed E-state index contributed by atoms with van der Waals surface area (Å²) in [4.78, 5) is 14.2. The average molecular weight is 531 g/mol. The lowest BCUT2D eigenvalue weighted by molar-refractivity contribution is 1.43. The fourth-order valence-electron chi connectivity index (χ4n) is 4.98. The lowest BCUT2D eigenvalue weighted by Gasteiger charge is -2.12. The Kier molecular flexibility index (Phi) is 6.45. The second-order valence-corrected chi connectivity index (χ2v) is 9.01. The molecule has 42 heavy (non-hydrogen) atoms. The van der Waals surface area contributed by atoms with Crippen molar-refractivity contribution in [3.63, 3.8) is 0 Å². The van der Waals surface area contributed by atoms with Gasteiger partial charge in [0.25, 0.3) is 0 Å². The van der Waals surface area contributed by atoms with Gasteiger partial charge in [0.15, 0.2) is 17.1 Å². The molecule has 0 heterocycles. The second-order valence-electron chi connectivity index (χ2n) is 9.01. The highest BCUT2D eigenvalue weighted by Gasteiger charge is 2.29. The molecule has 5 rings (SSSR count). The number of hydrogen-bond donors (Lipinski definition) is 0. The summed E-state index contributed by atoms with van der Waals surface area (Å²) in [6.07, 6.45) is 3.13. The van der Waals surface area contributed by atoms with E-state index in [1.807, 2.05) is 12.1 Å². The monoisotopic (exact) mass is 530 g/mol. The Hall–Kier alpha value is -7.46. The van der Waals surface area contributed by atoms with Crippen LogP contribution in [0.4, 0.5) is 11.4 Å². The van der Waals surface area contributed by atoms with E-state index in [4.69, 9.17) is 26.3 Å². The molecule has 0 saturated carbocycles. The van der Waals surface area contributed by atoms with Crippen LogP contribution in [0.5, 0.6) is 0 Å². The number of nitrogens with zero attached hydrogens (tertiary/aromatic N) is 8. The van der Waals surface area contributed by atoms with Gasteiger partial charge in [0.1, 0.15) is 6.07 Å². The molecule has 0 fully saturated rings. The first-order chi connectivity index (χ1) is 20.4. The number of allylic oxidation sites excluding steroid dienone is 6. The highest BCUT2D eigenvalue weighted by atomic mass is 14.7. The smallest absolute Gasteiger partial charge is 0.202 e. The Labute approximate surface area is 241 Å². The fourth-order valence-corrected chi connectivity index (χ4v) is 4.98. The average Bonchev–Trinajstić information content (AvgIpc) is 3.57. The highest BCUT2D eigenvalue weighted by Crippen LogP contribution is 2.48. The summed E-state index contributed by atoms with van der Waals surface area (Å²) in [6.45, 7) is 30.5. The number of hydrogen-bond acceptors (Lipinski definition) is 4. The van der Waals surface area contributed by atoms with E-state index in [1.165, 1.54) is 36.4 Å². The third-order valence-corrected chi connectivity index (χ3v) is 6.78. The standard InChI is InChI=1S/C34H10N8/c1-39-24-8-21(9-25(11-24)40-2)32(18-38)29-14-33(41-3)30-13-27-26(12-28(29)30)23(17-37)10-31(27)34(42-4)22-6-19(15-35)5-20(7-22)16-36/h5-14H/b32-29+,34-31-. The molecule has 0 aliphatic heterocycles. The Bertz CT molecular complexity index is 2040. The van der Waals surface area contributed by atoms with Crippen LogP contribution in [0, 0.1) is 71.6 Å². The number of rotatable bonds is 2. The molecule has 0 amide bonds. The maximum Gasteiger partial charge on any atom is 0.202 e. The van der Waals surface area contributed by atoms with E-state index in [1.54, 1.807) is 24.3 Å². The maximum atomic E-state index is 10.2. The van der Waals surface area contributed by atoms with Crippen LogP contribution < -0.4 is 0 Å². The lowest BCUT2D eigenvalue weighted by Crippen LogP contribution is -1.94. The van der Waals surface area contributed by atoms with Gasteiger partial charge in [-0.05, 0) is 80.9 Å². The van der Waals surface area contributed by atoms with E-state index in [2.05, 4.69) is 31.5 Å². The quantitative estimate of drug-likeness (QED) is 0.247. The van der Waals surface area contributed by atoms with E-state index in [0.717, 1.165) is 0 Å². The van der Waals surface area contributed by atoms with Gasteiger partial charge in [-0.15, -0.1) is 0 Å². The van der Waals surface area contributed by atoms with Crippen molar-refractivity contribution >= 4 is 45.1 Å². The molecule has 2 aliphatic carbocycles. The predicted molar refractivity (Wildman–Crippen MR) is 155 cm³/mol. The molecule has 2 aliphatic rings. The summed E-state index contributed by atoms with van der Waals surface area (Å²) >= 11 is 0. The van der Waals surface area contributed by atoms with E-state index in [0.29, 0.717) is 44.5 Å². The molecule has 3 aromatic carbocycles. The molecule has 0 radical (unpaired) electrons. The van der Waals surface area contributed by atoms with Crippen molar-refractivity contribution in [1.82, 2.24) is 0 Å². The minimum Gasteiger partial charge on any atom is -0.239 e. The zero-order valence-electron chi connectivity index (χ0n) is 21.4. The summed E-state index contributed by atoms with van der Waals surface area (Å²) in [6, 6.07) is 20.6. The van der Waals surface area contributed by atoms with E-state index < -0.39 is 0 Å². The molecule has 3 aromatic rings. The van der Waals surface area contributed by atoms with Gasteiger partial charge < -0.3 is 0 Å². The molecular weight excluding hydrogens is 520 g/mol. The summed E-state index contributed by atoms with van der Waals surface area (Å²) < 4.78 is 0. The molecular formula is C34H10N8. The first-order valence-electron chi connectivity index (χ1n) is 12.0. The van der Waals surface area contributed by atoms with Crippen LogP contribution in [-0.2, 0) is 0 Å². The molecule has 0 bridgehead atoms. The summed E-state index contributed by atoms with van der Waals surface area (Å²) in [5.74, 6) is 0. The Morgan fingerprint density at radius 2 is 1.19 bits per heavy atom. The van der Waals surface area contributed by atoms with Gasteiger partial charge in [0.05, 0.1) is 66.8 Å². The van der Waals surface area contributed by atoms with Crippen molar-refractivity contribution in [1.29, 1.82) is 21.0 Å². The maximum absolute atomic E-state index is 10.2. The highest BCUT2D eigenvalue weighted by molar-refractivity contribution is 6.15. The molecule has 8 nitrogen and oxygen atoms in total. The fraction of sp³-hybridized carbons (Fsp3) is 0. The minimum atomic E-state index is 0.137. The van der Waals surface area contributed by atoms with Gasteiger partial charge in [-0.1, -0.05) is 24.3 Å². The van der Waals surface area contributed by atoms with E-state index >= 15 is 0 Å². The molecule has 0 unspecified atom stereocenters. The molecule has 0 saturated heterocycles. The van der Waals surface area contributed by atoms with Crippen LogP contribution in [-0.4, -0.2) is 0 Å². The predicted octanol–water partition coefficient (Wildman–Crippen LogP) is 7.95. The lowest BCUT2D eigenvalue weighted by atomic mass is 9.91. The molecule has 186 valence electrons. The van der Waals surface area contributed by atoms with Crippen molar-refractivity contribution in [2.45, 2.75) is 0 Å². The summed E-state index contributed by atoms with van der Waals surface area (Å²) in [5.41, 5.74) is 5.21. The third-order valence-electron chi connectivity index (χ3n) is 6.78. The third kappa shape index (κ3) is 4.13. The van der Waals surface area contributed by atoms with Crippen molar-refractivity contribution in [2.24, 2.45) is 0 Å². The number of nitriles is 4. The Balaban J connectivity index is 1.81. The van der Waals surface area contributed by atoms with Crippen LogP contribution >= 0.6 is 0 Å². The van der Waals surface area contributed by atoms with Crippen LogP contribution in [0.1, 0.15) is 44.5 Å². The topological polar surface area (TPSA) is 113 Å². The first-order valence-corrected chi connectivity index (χ1v) is 12.0. The summed E-state index contributed by atoms with van der Waals surface area (Å²) in [5, 5.41) is 39.0. The Morgan fingerprint density at radius 3 is 1.71 bits per heavy atom. The van der Waals surface area contributed by atoms with Crippen molar-refractivity contribution in [2.75, 3.05) is 0 Å². The van der Waals surface area contributed by atoms with Crippen LogP contribution in [0.15, 0.2) is 60.7 Å². The normalized spacial score (nSPS) is 14.4. The van der Waals surface area contributed by atoms with Crippen LogP contribution in [0.3, 0.4) is 0 Å². The molecule has 0 aromatic heterocycles.